The molecule has 3 aromatic rings. The highest BCUT2D eigenvalue weighted by Gasteiger charge is 2.36. The summed E-state index contributed by atoms with van der Waals surface area (Å²) in [6, 6.07) is 19.6. The number of benzene rings is 3. The molecule has 1 heterocycles. The summed E-state index contributed by atoms with van der Waals surface area (Å²) in [6.45, 7) is 1.97. The smallest absolute Gasteiger partial charge is 0.276 e. The van der Waals surface area contributed by atoms with Gasteiger partial charge in [0.15, 0.2) is 0 Å². The molecule has 4 rings (SSSR count). The van der Waals surface area contributed by atoms with E-state index in [-0.39, 0.29) is 11.6 Å². The van der Waals surface area contributed by atoms with E-state index in [1.165, 1.54) is 6.07 Å². The SMILES string of the molecule is Cc1cc(Br)ccc1N1c2ccccc2C(=O)NC1c1ccccc1[N+](=O)[O-]. The van der Waals surface area contributed by atoms with Gasteiger partial charge in [-0.2, -0.15) is 0 Å². The molecule has 1 atom stereocenters. The van der Waals surface area contributed by atoms with E-state index in [0.29, 0.717) is 16.8 Å². The number of fused-ring (bicyclic) bond motifs is 1. The number of carbonyl (C=O) groups is 1. The van der Waals surface area contributed by atoms with Crippen molar-refractivity contribution in [1.29, 1.82) is 0 Å². The molecule has 0 fully saturated rings. The molecule has 3 aromatic carbocycles. The molecule has 140 valence electrons. The quantitative estimate of drug-likeness (QED) is 0.448. The van der Waals surface area contributed by atoms with E-state index in [1.54, 1.807) is 30.3 Å². The molecule has 0 radical (unpaired) electrons. The molecule has 1 amide bonds. The van der Waals surface area contributed by atoms with Crippen molar-refractivity contribution in [2.24, 2.45) is 0 Å². The van der Waals surface area contributed by atoms with E-state index < -0.39 is 11.1 Å². The molecular formula is C21H16BrN3O3. The number of hydrogen-bond donors (Lipinski definition) is 1. The van der Waals surface area contributed by atoms with Gasteiger partial charge in [0.1, 0.15) is 6.17 Å². The number of para-hydroxylation sites is 2. The van der Waals surface area contributed by atoms with Gasteiger partial charge in [-0.25, -0.2) is 0 Å². The third-order valence-electron chi connectivity index (χ3n) is 4.78. The van der Waals surface area contributed by atoms with Crippen molar-refractivity contribution < 1.29 is 9.72 Å². The van der Waals surface area contributed by atoms with Crippen LogP contribution in [-0.4, -0.2) is 10.8 Å². The lowest BCUT2D eigenvalue weighted by atomic mass is 10.00. The van der Waals surface area contributed by atoms with E-state index in [1.807, 2.05) is 42.2 Å². The van der Waals surface area contributed by atoms with Gasteiger partial charge >= 0.3 is 0 Å². The molecule has 7 heteroatoms. The summed E-state index contributed by atoms with van der Waals surface area (Å²) in [5, 5.41) is 14.6. The van der Waals surface area contributed by atoms with Crippen molar-refractivity contribution in [3.05, 3.63) is 98.0 Å². The van der Waals surface area contributed by atoms with Crippen LogP contribution in [0.3, 0.4) is 0 Å². The highest BCUT2D eigenvalue weighted by Crippen LogP contribution is 2.42. The summed E-state index contributed by atoms with van der Waals surface area (Å²) in [5.74, 6) is -0.259. The molecule has 1 aliphatic heterocycles. The number of nitro groups is 1. The van der Waals surface area contributed by atoms with Crippen LogP contribution in [-0.2, 0) is 0 Å². The maximum atomic E-state index is 12.8. The summed E-state index contributed by atoms with van der Waals surface area (Å²) in [5.41, 5.74) is 3.46. The van der Waals surface area contributed by atoms with E-state index in [0.717, 1.165) is 15.7 Å². The Morgan fingerprint density at radius 1 is 1.04 bits per heavy atom. The average molecular weight is 438 g/mol. The summed E-state index contributed by atoms with van der Waals surface area (Å²) < 4.78 is 0.935. The minimum atomic E-state index is -0.705. The van der Waals surface area contributed by atoms with E-state index in [4.69, 9.17) is 0 Å². The molecule has 0 aromatic heterocycles. The fraction of sp³-hybridized carbons (Fsp3) is 0.0952. The van der Waals surface area contributed by atoms with Crippen molar-refractivity contribution >= 4 is 38.9 Å². The fourth-order valence-electron chi connectivity index (χ4n) is 3.54. The maximum absolute atomic E-state index is 12.8. The monoisotopic (exact) mass is 437 g/mol. The molecule has 28 heavy (non-hydrogen) atoms. The Morgan fingerprint density at radius 3 is 2.50 bits per heavy atom. The Labute approximate surface area is 170 Å². The Bertz CT molecular complexity index is 1100. The number of halogens is 1. The number of nitrogens with zero attached hydrogens (tertiary/aromatic N) is 2. The van der Waals surface area contributed by atoms with Crippen LogP contribution >= 0.6 is 15.9 Å². The van der Waals surface area contributed by atoms with Crippen molar-refractivity contribution in [1.82, 2.24) is 5.32 Å². The zero-order chi connectivity index (χ0) is 19.8. The fourth-order valence-corrected chi connectivity index (χ4v) is 4.02. The Morgan fingerprint density at radius 2 is 1.75 bits per heavy atom. The number of carbonyl (C=O) groups excluding carboxylic acids is 1. The van der Waals surface area contributed by atoms with Gasteiger partial charge < -0.3 is 10.2 Å². The predicted octanol–water partition coefficient (Wildman–Crippen LogP) is 5.25. The van der Waals surface area contributed by atoms with Crippen molar-refractivity contribution in [2.45, 2.75) is 13.1 Å². The van der Waals surface area contributed by atoms with Gasteiger partial charge in [0.25, 0.3) is 11.6 Å². The second-order valence-electron chi connectivity index (χ2n) is 6.51. The molecule has 0 saturated heterocycles. The van der Waals surface area contributed by atoms with Gasteiger partial charge in [-0.15, -0.1) is 0 Å². The molecule has 0 saturated carbocycles. The average Bonchev–Trinajstić information content (AvgIpc) is 2.69. The number of nitrogens with one attached hydrogen (secondary N) is 1. The van der Waals surface area contributed by atoms with Crippen LogP contribution in [0.15, 0.2) is 71.2 Å². The normalized spacial score (nSPS) is 15.7. The summed E-state index contributed by atoms with van der Waals surface area (Å²) in [7, 11) is 0. The van der Waals surface area contributed by atoms with Crippen LogP contribution < -0.4 is 10.2 Å². The number of hydrogen-bond acceptors (Lipinski definition) is 4. The van der Waals surface area contributed by atoms with Crippen LogP contribution in [0.2, 0.25) is 0 Å². The third kappa shape index (κ3) is 3.03. The molecule has 0 bridgehead atoms. The second kappa shape index (κ2) is 7.09. The maximum Gasteiger partial charge on any atom is 0.276 e. The highest BCUT2D eigenvalue weighted by atomic mass is 79.9. The Hall–Kier alpha value is -3.19. The van der Waals surface area contributed by atoms with Crippen LogP contribution in [0.25, 0.3) is 0 Å². The number of anilines is 2. The Balaban J connectivity index is 1.97. The zero-order valence-corrected chi connectivity index (χ0v) is 16.5. The van der Waals surface area contributed by atoms with Crippen molar-refractivity contribution in [3.8, 4) is 0 Å². The number of aryl methyl sites for hydroxylation is 1. The minimum Gasteiger partial charge on any atom is -0.327 e. The van der Waals surface area contributed by atoms with E-state index in [9.17, 15) is 14.9 Å². The van der Waals surface area contributed by atoms with Gasteiger partial charge in [0, 0.05) is 16.2 Å². The van der Waals surface area contributed by atoms with E-state index in [2.05, 4.69) is 21.2 Å². The summed E-state index contributed by atoms with van der Waals surface area (Å²) in [4.78, 5) is 25.9. The van der Waals surface area contributed by atoms with Gasteiger partial charge in [0.2, 0.25) is 0 Å². The molecular weight excluding hydrogens is 422 g/mol. The molecule has 1 N–H and O–H groups in total. The molecule has 0 spiro atoms. The highest BCUT2D eigenvalue weighted by molar-refractivity contribution is 9.10. The van der Waals surface area contributed by atoms with Gasteiger partial charge in [0.05, 0.1) is 21.7 Å². The first kappa shape index (κ1) is 18.2. The molecule has 1 aliphatic rings. The first-order chi connectivity index (χ1) is 13.5. The standard InChI is InChI=1S/C21H16BrN3O3/c1-13-12-14(22)10-11-17(13)24-18-8-4-3-7-16(18)21(26)23-20(24)15-6-2-5-9-19(15)25(27)28/h2-12,20H,1H3,(H,23,26). The topological polar surface area (TPSA) is 75.5 Å². The largest absolute Gasteiger partial charge is 0.327 e. The predicted molar refractivity (Wildman–Crippen MR) is 111 cm³/mol. The van der Waals surface area contributed by atoms with Crippen molar-refractivity contribution in [3.63, 3.8) is 0 Å². The minimum absolute atomic E-state index is 0.0352. The Kier molecular flexibility index (Phi) is 4.60. The molecule has 1 unspecified atom stereocenters. The summed E-state index contributed by atoms with van der Waals surface area (Å²) >= 11 is 3.47. The van der Waals surface area contributed by atoms with Gasteiger partial charge in [-0.05, 0) is 48.9 Å². The molecule has 6 nitrogen and oxygen atoms in total. The van der Waals surface area contributed by atoms with Crippen molar-refractivity contribution in [2.75, 3.05) is 4.90 Å². The van der Waals surface area contributed by atoms with Crippen LogP contribution in [0.1, 0.15) is 27.7 Å². The van der Waals surface area contributed by atoms with Crippen LogP contribution in [0.4, 0.5) is 17.1 Å². The number of amides is 1. The second-order valence-corrected chi connectivity index (χ2v) is 7.43. The lowest BCUT2D eigenvalue weighted by molar-refractivity contribution is -0.385. The van der Waals surface area contributed by atoms with E-state index >= 15 is 0 Å². The lowest BCUT2D eigenvalue weighted by Crippen LogP contribution is -2.44. The summed E-state index contributed by atoms with van der Waals surface area (Å²) in [6.07, 6.45) is -0.705. The third-order valence-corrected chi connectivity index (χ3v) is 5.27. The molecule has 0 aliphatic carbocycles. The number of rotatable bonds is 3. The van der Waals surface area contributed by atoms with Crippen LogP contribution in [0, 0.1) is 17.0 Å². The first-order valence-electron chi connectivity index (χ1n) is 8.66. The first-order valence-corrected chi connectivity index (χ1v) is 9.45. The van der Waals surface area contributed by atoms with Crippen LogP contribution in [0.5, 0.6) is 0 Å². The zero-order valence-electron chi connectivity index (χ0n) is 14.9. The van der Waals surface area contributed by atoms with Gasteiger partial charge in [-0.3, -0.25) is 14.9 Å². The number of nitro benzene ring substituents is 1. The van der Waals surface area contributed by atoms with Gasteiger partial charge in [-0.1, -0.05) is 40.2 Å². The lowest BCUT2D eigenvalue weighted by Gasteiger charge is -2.39.